The predicted octanol–water partition coefficient (Wildman–Crippen LogP) is 2.07. The van der Waals surface area contributed by atoms with Crippen molar-refractivity contribution in [3.05, 3.63) is 23.3 Å². The molecular formula is C11H16O4. The summed E-state index contributed by atoms with van der Waals surface area (Å²) in [5, 5.41) is 17.3. The van der Waals surface area contributed by atoms with Gasteiger partial charge in [-0.15, -0.1) is 0 Å². The van der Waals surface area contributed by atoms with Crippen molar-refractivity contribution >= 4 is 11.9 Å². The van der Waals surface area contributed by atoms with Crippen molar-refractivity contribution in [3.63, 3.8) is 0 Å². The van der Waals surface area contributed by atoms with Gasteiger partial charge in [-0.2, -0.15) is 0 Å². The normalized spacial score (nSPS) is 10.4. The van der Waals surface area contributed by atoms with Crippen LogP contribution in [0, 0.1) is 5.41 Å². The molecule has 0 atom stereocenters. The van der Waals surface area contributed by atoms with Crippen LogP contribution in [0.15, 0.2) is 23.3 Å². The summed E-state index contributed by atoms with van der Waals surface area (Å²) in [6, 6.07) is 0. The summed E-state index contributed by atoms with van der Waals surface area (Å²) in [7, 11) is 0. The van der Waals surface area contributed by atoms with Crippen LogP contribution in [0.5, 0.6) is 0 Å². The second-order valence-corrected chi connectivity index (χ2v) is 4.21. The Hall–Kier alpha value is -1.58. The van der Waals surface area contributed by atoms with Crippen molar-refractivity contribution in [2.45, 2.75) is 27.7 Å². The van der Waals surface area contributed by atoms with E-state index in [0.29, 0.717) is 0 Å². The number of carboxylic acids is 2. The van der Waals surface area contributed by atoms with Gasteiger partial charge in [-0.3, -0.25) is 0 Å². The monoisotopic (exact) mass is 212 g/mol. The van der Waals surface area contributed by atoms with Gasteiger partial charge in [0.2, 0.25) is 0 Å². The van der Waals surface area contributed by atoms with Gasteiger partial charge in [0.25, 0.3) is 0 Å². The molecular weight excluding hydrogens is 196 g/mol. The van der Waals surface area contributed by atoms with E-state index in [-0.39, 0.29) is 0 Å². The number of aliphatic carboxylic acids is 2. The lowest BCUT2D eigenvalue weighted by Crippen LogP contribution is -2.16. The molecule has 4 heteroatoms. The quantitative estimate of drug-likeness (QED) is 0.324. The van der Waals surface area contributed by atoms with Crippen LogP contribution < -0.4 is 0 Å². The topological polar surface area (TPSA) is 74.6 Å². The average Bonchev–Trinajstić information content (AvgIpc) is 1.96. The van der Waals surface area contributed by atoms with E-state index in [4.69, 9.17) is 10.2 Å². The summed E-state index contributed by atoms with van der Waals surface area (Å²) < 4.78 is 0. The van der Waals surface area contributed by atoms with Crippen LogP contribution in [0.4, 0.5) is 0 Å². The highest BCUT2D eigenvalue weighted by Crippen LogP contribution is 2.23. The lowest BCUT2D eigenvalue weighted by molar-refractivity contribution is -0.140. The fraction of sp³-hybridized carbons (Fsp3) is 0.455. The first-order valence-electron chi connectivity index (χ1n) is 4.51. The minimum Gasteiger partial charge on any atom is -0.477 e. The third-order valence-corrected chi connectivity index (χ3v) is 1.64. The Morgan fingerprint density at radius 1 is 1.00 bits per heavy atom. The van der Waals surface area contributed by atoms with Crippen LogP contribution >= 0.6 is 0 Å². The Balaban J connectivity index is 5.23. The van der Waals surface area contributed by atoms with Crippen molar-refractivity contribution in [2.75, 3.05) is 0 Å². The molecule has 0 aliphatic carbocycles. The Bertz CT molecular complexity index is 314. The summed E-state index contributed by atoms with van der Waals surface area (Å²) in [5.74, 6) is -2.84. The van der Waals surface area contributed by atoms with Gasteiger partial charge in [0.05, 0.1) is 0 Å². The minimum absolute atomic E-state index is 0.578. The van der Waals surface area contributed by atoms with Gasteiger partial charge < -0.3 is 10.2 Å². The molecule has 0 saturated heterocycles. The summed E-state index contributed by atoms with van der Waals surface area (Å²) in [6.07, 6.45) is 3.06. The predicted molar refractivity (Wildman–Crippen MR) is 56.6 cm³/mol. The highest BCUT2D eigenvalue weighted by Gasteiger charge is 2.21. The maximum atomic E-state index is 10.6. The molecule has 0 aliphatic rings. The Labute approximate surface area is 88.9 Å². The number of carbonyl (C=O) groups is 2. The van der Waals surface area contributed by atoms with Gasteiger partial charge in [0, 0.05) is 5.41 Å². The molecule has 84 valence electrons. The number of rotatable bonds is 4. The largest absolute Gasteiger partial charge is 0.477 e. The summed E-state index contributed by atoms with van der Waals surface area (Å²) in [4.78, 5) is 21.3. The molecule has 0 aromatic heterocycles. The highest BCUT2D eigenvalue weighted by molar-refractivity contribution is 6.12. The van der Waals surface area contributed by atoms with Crippen LogP contribution in [0.2, 0.25) is 0 Å². The first-order valence-corrected chi connectivity index (χ1v) is 4.51. The third kappa shape index (κ3) is 5.00. The summed E-state index contributed by atoms with van der Waals surface area (Å²) in [5.41, 5.74) is -0.172. The number of carboxylic acid groups (broad SMARTS) is 2. The molecule has 0 aromatic rings. The standard InChI is InChI=1S/C11H16O4/c1-7(2)5-11(3,4)6-8(9(12)13)10(14)15/h5-6H,1-4H3,(H,12,13)(H,14,15). The van der Waals surface area contributed by atoms with Crippen molar-refractivity contribution in [1.82, 2.24) is 0 Å². The van der Waals surface area contributed by atoms with Crippen molar-refractivity contribution < 1.29 is 19.8 Å². The molecule has 0 heterocycles. The van der Waals surface area contributed by atoms with E-state index in [9.17, 15) is 9.59 Å². The molecule has 0 spiro atoms. The van der Waals surface area contributed by atoms with E-state index in [1.54, 1.807) is 13.8 Å². The Morgan fingerprint density at radius 2 is 1.40 bits per heavy atom. The fourth-order valence-corrected chi connectivity index (χ4v) is 1.37. The number of allylic oxidation sites excluding steroid dienone is 3. The van der Waals surface area contributed by atoms with Gasteiger partial charge in [0.15, 0.2) is 0 Å². The first-order chi connectivity index (χ1) is 6.65. The molecule has 0 rings (SSSR count). The van der Waals surface area contributed by atoms with E-state index in [1.807, 2.05) is 19.9 Å². The van der Waals surface area contributed by atoms with Crippen LogP contribution in [0.1, 0.15) is 27.7 Å². The lowest BCUT2D eigenvalue weighted by Gasteiger charge is -2.16. The number of hydrogen-bond donors (Lipinski definition) is 2. The molecule has 2 N–H and O–H groups in total. The van der Waals surface area contributed by atoms with E-state index >= 15 is 0 Å². The molecule has 0 amide bonds. The Morgan fingerprint density at radius 3 is 1.67 bits per heavy atom. The van der Waals surface area contributed by atoms with E-state index in [1.165, 1.54) is 6.08 Å². The van der Waals surface area contributed by atoms with Crippen molar-refractivity contribution in [1.29, 1.82) is 0 Å². The molecule has 0 aliphatic heterocycles. The van der Waals surface area contributed by atoms with Gasteiger partial charge in [-0.05, 0) is 13.8 Å². The van der Waals surface area contributed by atoms with Crippen molar-refractivity contribution in [3.8, 4) is 0 Å². The highest BCUT2D eigenvalue weighted by atomic mass is 16.4. The van der Waals surface area contributed by atoms with Gasteiger partial charge in [0.1, 0.15) is 5.57 Å². The molecule has 4 nitrogen and oxygen atoms in total. The fourth-order valence-electron chi connectivity index (χ4n) is 1.37. The molecule has 0 radical (unpaired) electrons. The van der Waals surface area contributed by atoms with Crippen LogP contribution in [-0.4, -0.2) is 22.2 Å². The molecule has 0 saturated carbocycles. The van der Waals surface area contributed by atoms with Crippen LogP contribution in [-0.2, 0) is 9.59 Å². The first kappa shape index (κ1) is 13.4. The molecule has 0 fully saturated rings. The smallest absolute Gasteiger partial charge is 0.342 e. The van der Waals surface area contributed by atoms with Crippen LogP contribution in [0.3, 0.4) is 0 Å². The second-order valence-electron chi connectivity index (χ2n) is 4.21. The second kappa shape index (κ2) is 4.77. The minimum atomic E-state index is -1.42. The number of hydrogen-bond acceptors (Lipinski definition) is 2. The van der Waals surface area contributed by atoms with E-state index < -0.39 is 22.9 Å². The lowest BCUT2D eigenvalue weighted by atomic mass is 9.88. The SMILES string of the molecule is CC(C)=CC(C)(C)C=C(C(=O)O)C(=O)O. The van der Waals surface area contributed by atoms with Gasteiger partial charge in [-0.1, -0.05) is 31.6 Å². The van der Waals surface area contributed by atoms with Gasteiger partial charge >= 0.3 is 11.9 Å². The zero-order chi connectivity index (χ0) is 12.2. The average molecular weight is 212 g/mol. The summed E-state index contributed by atoms with van der Waals surface area (Å²) >= 11 is 0. The maximum absolute atomic E-state index is 10.6. The molecule has 0 bridgehead atoms. The zero-order valence-electron chi connectivity index (χ0n) is 9.37. The van der Waals surface area contributed by atoms with Crippen molar-refractivity contribution in [2.24, 2.45) is 5.41 Å². The van der Waals surface area contributed by atoms with E-state index in [2.05, 4.69) is 0 Å². The van der Waals surface area contributed by atoms with Crippen LogP contribution in [0.25, 0.3) is 0 Å². The summed E-state index contributed by atoms with van der Waals surface area (Å²) in [6.45, 7) is 7.26. The molecule has 0 aromatic carbocycles. The third-order valence-electron chi connectivity index (χ3n) is 1.64. The molecule has 0 unspecified atom stereocenters. The van der Waals surface area contributed by atoms with E-state index in [0.717, 1.165) is 5.57 Å². The van der Waals surface area contributed by atoms with Gasteiger partial charge in [-0.25, -0.2) is 9.59 Å². The zero-order valence-corrected chi connectivity index (χ0v) is 9.37. The molecule has 15 heavy (non-hydrogen) atoms. The Kier molecular flexibility index (Phi) is 4.27. The maximum Gasteiger partial charge on any atom is 0.342 e.